The number of hydrogen-bond donors (Lipinski definition) is 2. The molecule has 36 heavy (non-hydrogen) atoms. The molecule has 0 saturated carbocycles. The van der Waals surface area contributed by atoms with E-state index in [-0.39, 0.29) is 23.2 Å². The molecule has 0 saturated heterocycles. The van der Waals surface area contributed by atoms with Crippen molar-refractivity contribution in [2.24, 2.45) is 0 Å². The van der Waals surface area contributed by atoms with Crippen LogP contribution >= 0.6 is 11.8 Å². The van der Waals surface area contributed by atoms with Crippen LogP contribution in [0, 0.1) is 18.3 Å². The van der Waals surface area contributed by atoms with Gasteiger partial charge in [0.1, 0.15) is 11.1 Å². The zero-order valence-corrected chi connectivity index (χ0v) is 21.5. The molecule has 2 heterocycles. The molecule has 0 unspecified atom stereocenters. The highest BCUT2D eigenvalue weighted by Crippen LogP contribution is 2.27. The van der Waals surface area contributed by atoms with E-state index in [1.165, 1.54) is 54.2 Å². The third-order valence-corrected chi connectivity index (χ3v) is 8.01. The van der Waals surface area contributed by atoms with Gasteiger partial charge >= 0.3 is 0 Å². The van der Waals surface area contributed by atoms with Gasteiger partial charge in [-0.05, 0) is 74.6 Å². The summed E-state index contributed by atoms with van der Waals surface area (Å²) in [7, 11) is -3.86. The number of thioether (sulfide) groups is 1. The van der Waals surface area contributed by atoms with Gasteiger partial charge in [-0.1, -0.05) is 6.42 Å². The Hall–Kier alpha value is -3.49. The quantitative estimate of drug-likeness (QED) is 0.331. The van der Waals surface area contributed by atoms with E-state index in [1.807, 2.05) is 6.07 Å². The van der Waals surface area contributed by atoms with Crippen molar-refractivity contribution in [3.8, 4) is 6.07 Å². The van der Waals surface area contributed by atoms with Crippen molar-refractivity contribution in [1.29, 1.82) is 5.26 Å². The monoisotopic (exact) mass is 522 g/mol. The van der Waals surface area contributed by atoms with E-state index in [4.69, 9.17) is 4.98 Å². The van der Waals surface area contributed by atoms with Gasteiger partial charge in [0.2, 0.25) is 11.9 Å². The Morgan fingerprint density at radius 2 is 1.89 bits per heavy atom. The third kappa shape index (κ3) is 6.59. The molecule has 3 aromatic rings. The molecule has 1 amide bonds. The van der Waals surface area contributed by atoms with Gasteiger partial charge in [0.25, 0.3) is 10.0 Å². The van der Waals surface area contributed by atoms with Gasteiger partial charge in [-0.3, -0.25) is 4.79 Å². The van der Waals surface area contributed by atoms with Crippen LogP contribution in [0.5, 0.6) is 0 Å². The number of nitriles is 1. The molecule has 11 heteroatoms. The van der Waals surface area contributed by atoms with E-state index >= 15 is 0 Å². The minimum atomic E-state index is -3.86. The number of carbonyl (C=O) groups is 1. The lowest BCUT2D eigenvalue weighted by molar-refractivity contribution is -0.115. The first-order valence-corrected chi connectivity index (χ1v) is 14.1. The average molecular weight is 523 g/mol. The first-order chi connectivity index (χ1) is 17.3. The van der Waals surface area contributed by atoms with Crippen molar-refractivity contribution >= 4 is 39.3 Å². The zero-order valence-electron chi connectivity index (χ0n) is 19.8. The molecule has 9 nitrogen and oxygen atoms in total. The van der Waals surface area contributed by atoms with Crippen molar-refractivity contribution in [2.45, 2.75) is 55.4 Å². The van der Waals surface area contributed by atoms with Crippen LogP contribution in [-0.2, 0) is 27.7 Å². The predicted octanol–water partition coefficient (Wildman–Crippen LogP) is 4.24. The number of amides is 1. The maximum Gasteiger partial charge on any atom is 0.264 e. The lowest BCUT2D eigenvalue weighted by atomic mass is 10.1. The lowest BCUT2D eigenvalue weighted by Gasteiger charge is -2.10. The molecular formula is C25H26N6O3S2. The Labute approximate surface area is 214 Å². The third-order valence-electron chi connectivity index (χ3n) is 5.67. The highest BCUT2D eigenvalue weighted by molar-refractivity contribution is 7.99. The maximum atomic E-state index is 12.6. The topological polar surface area (TPSA) is 138 Å². The van der Waals surface area contributed by atoms with E-state index in [9.17, 15) is 18.5 Å². The fraction of sp³-hybridized carbons (Fsp3) is 0.320. The first-order valence-electron chi connectivity index (χ1n) is 11.6. The number of carbonyl (C=O) groups excluding carboxylic acids is 1. The maximum absolute atomic E-state index is 12.6. The number of sulfonamides is 1. The van der Waals surface area contributed by atoms with Crippen LogP contribution in [0.15, 0.2) is 52.5 Å². The molecule has 0 aliphatic heterocycles. The molecule has 0 radical (unpaired) electrons. The second-order valence-corrected chi connectivity index (χ2v) is 11.2. The number of aromatic nitrogens is 3. The summed E-state index contributed by atoms with van der Waals surface area (Å²) < 4.78 is 27.5. The molecule has 1 aliphatic carbocycles. The summed E-state index contributed by atoms with van der Waals surface area (Å²) in [6.45, 7) is 1.74. The van der Waals surface area contributed by atoms with Gasteiger partial charge in [-0.2, -0.15) is 5.26 Å². The lowest BCUT2D eigenvalue weighted by Crippen LogP contribution is -2.16. The van der Waals surface area contributed by atoms with Crippen LogP contribution in [0.25, 0.3) is 0 Å². The number of fused-ring (bicyclic) bond motifs is 1. The summed E-state index contributed by atoms with van der Waals surface area (Å²) in [6, 6.07) is 11.7. The number of rotatable bonds is 8. The van der Waals surface area contributed by atoms with Gasteiger partial charge < -0.3 is 5.32 Å². The van der Waals surface area contributed by atoms with E-state index in [2.05, 4.69) is 26.1 Å². The zero-order chi connectivity index (χ0) is 25.5. The van der Waals surface area contributed by atoms with Gasteiger partial charge in [0, 0.05) is 35.4 Å². The summed E-state index contributed by atoms with van der Waals surface area (Å²) in [6.07, 6.45) is 6.98. The van der Waals surface area contributed by atoms with Crippen molar-refractivity contribution < 1.29 is 13.2 Å². The van der Waals surface area contributed by atoms with Crippen molar-refractivity contribution in [1.82, 2.24) is 15.0 Å². The summed E-state index contributed by atoms with van der Waals surface area (Å²) in [5.74, 6) is 0.255. The molecule has 0 fully saturated rings. The van der Waals surface area contributed by atoms with Crippen molar-refractivity contribution in [3.63, 3.8) is 0 Å². The van der Waals surface area contributed by atoms with Crippen molar-refractivity contribution in [2.75, 3.05) is 15.8 Å². The Balaban J connectivity index is 1.32. The number of pyridine rings is 1. The number of nitrogens with one attached hydrogen (secondary N) is 2. The Bertz CT molecular complexity index is 1400. The number of anilines is 2. The molecule has 0 atom stereocenters. The molecule has 1 aromatic carbocycles. The summed E-state index contributed by atoms with van der Waals surface area (Å²) >= 11 is 1.40. The van der Waals surface area contributed by atoms with Gasteiger partial charge in [-0.15, -0.1) is 11.8 Å². The molecule has 2 aromatic heterocycles. The van der Waals surface area contributed by atoms with Crippen molar-refractivity contribution in [3.05, 3.63) is 65.1 Å². The number of hydrogen-bond acceptors (Lipinski definition) is 8. The highest BCUT2D eigenvalue weighted by atomic mass is 32.2. The molecule has 0 spiro atoms. The van der Waals surface area contributed by atoms with Gasteiger partial charge in [-0.25, -0.2) is 28.1 Å². The van der Waals surface area contributed by atoms with Gasteiger partial charge in [0.15, 0.2) is 0 Å². The molecule has 1 aliphatic rings. The smallest absolute Gasteiger partial charge is 0.264 e. The first kappa shape index (κ1) is 25.6. The predicted molar refractivity (Wildman–Crippen MR) is 138 cm³/mol. The highest BCUT2D eigenvalue weighted by Gasteiger charge is 2.17. The second-order valence-electron chi connectivity index (χ2n) is 8.42. The SMILES string of the molecule is Cc1ccnc(NS(=O)(=O)c2ccc(NC(=O)CCSc3nc4c(cc3C#N)CCCCC4)cc2)n1. The van der Waals surface area contributed by atoms with Crippen LogP contribution in [0.1, 0.15) is 48.2 Å². The summed E-state index contributed by atoms with van der Waals surface area (Å²) in [5, 5.41) is 13.0. The fourth-order valence-corrected chi connectivity index (χ4v) is 5.71. The number of benzene rings is 1. The average Bonchev–Trinajstić information content (AvgIpc) is 3.08. The Morgan fingerprint density at radius 1 is 1.11 bits per heavy atom. The Morgan fingerprint density at radius 3 is 2.64 bits per heavy atom. The fourth-order valence-electron chi connectivity index (χ4n) is 3.84. The van der Waals surface area contributed by atoms with Crippen LogP contribution in [0.2, 0.25) is 0 Å². The van der Waals surface area contributed by atoms with Crippen LogP contribution < -0.4 is 10.0 Å². The van der Waals surface area contributed by atoms with E-state index in [1.54, 1.807) is 13.0 Å². The summed E-state index contributed by atoms with van der Waals surface area (Å²) in [4.78, 5) is 25.1. The number of nitrogens with zero attached hydrogens (tertiary/aromatic N) is 4. The minimum absolute atomic E-state index is 0.00610. The molecule has 2 N–H and O–H groups in total. The van der Waals surface area contributed by atoms with E-state index < -0.39 is 10.0 Å². The summed E-state index contributed by atoms with van der Waals surface area (Å²) in [5.41, 5.74) is 3.91. The minimum Gasteiger partial charge on any atom is -0.326 e. The standard InChI is InChI=1S/C25H26N6O3S2/c1-17-11-13-27-25(28-17)31-36(33,34)21-9-7-20(8-10-21)29-23(32)12-14-35-24-19(16-26)15-18-5-3-2-4-6-22(18)30-24/h7-11,13,15H,2-6,12,14H2,1H3,(H,29,32)(H,27,28,31). The number of aryl methyl sites for hydroxylation is 3. The van der Waals surface area contributed by atoms with Crippen LogP contribution in [0.4, 0.5) is 11.6 Å². The Kier molecular flexibility index (Phi) is 8.18. The van der Waals surface area contributed by atoms with E-state index in [0.717, 1.165) is 31.4 Å². The van der Waals surface area contributed by atoms with Crippen LogP contribution in [0.3, 0.4) is 0 Å². The molecule has 0 bridgehead atoms. The van der Waals surface area contributed by atoms with Crippen LogP contribution in [-0.4, -0.2) is 35.0 Å². The normalized spacial score (nSPS) is 13.2. The molecular weight excluding hydrogens is 496 g/mol. The molecule has 4 rings (SSSR count). The largest absolute Gasteiger partial charge is 0.326 e. The van der Waals surface area contributed by atoms with Gasteiger partial charge in [0.05, 0.1) is 10.5 Å². The molecule has 186 valence electrons. The van der Waals surface area contributed by atoms with E-state index in [0.29, 0.717) is 27.7 Å². The second kappa shape index (κ2) is 11.5.